The van der Waals surface area contributed by atoms with Gasteiger partial charge in [-0.3, -0.25) is 0 Å². The Morgan fingerprint density at radius 3 is 2.03 bits per heavy atom. The molecule has 0 aliphatic rings. The van der Waals surface area contributed by atoms with Gasteiger partial charge in [0, 0.05) is 17.3 Å². The number of rotatable bonds is 7. The van der Waals surface area contributed by atoms with E-state index >= 15 is 0 Å². The van der Waals surface area contributed by atoms with E-state index in [9.17, 15) is 26.4 Å². The normalized spacial score (nSPS) is 12.3. The molecule has 2 aromatic carbocycles. The Labute approximate surface area is 196 Å². The number of aliphatic hydroxyl groups excluding tert-OH is 1. The van der Waals surface area contributed by atoms with Gasteiger partial charge in [-0.05, 0) is 65.3 Å². The van der Waals surface area contributed by atoms with Crippen molar-refractivity contribution in [2.45, 2.75) is 57.0 Å². The van der Waals surface area contributed by atoms with Crippen LogP contribution in [0.1, 0.15) is 61.8 Å². The second-order valence-corrected chi connectivity index (χ2v) is 10.3. The predicted molar refractivity (Wildman–Crippen MR) is 121 cm³/mol. The monoisotopic (exact) mass is 506 g/mol. The van der Waals surface area contributed by atoms with Crippen molar-refractivity contribution in [3.8, 4) is 0 Å². The molecule has 6 nitrogen and oxygen atoms in total. The highest BCUT2D eigenvalue weighted by Gasteiger charge is 2.33. The molecule has 0 radical (unpaired) electrons. The van der Waals surface area contributed by atoms with Crippen LogP contribution in [0.3, 0.4) is 0 Å². The maximum Gasteiger partial charge on any atom is 0.416 e. The van der Waals surface area contributed by atoms with Gasteiger partial charge in [-0.2, -0.15) is 13.2 Å². The van der Waals surface area contributed by atoms with E-state index < -0.39 is 39.3 Å². The number of amides is 2. The van der Waals surface area contributed by atoms with Crippen LogP contribution in [-0.4, -0.2) is 26.2 Å². The van der Waals surface area contributed by atoms with Gasteiger partial charge in [0.05, 0.1) is 10.5 Å². The smallest absolute Gasteiger partial charge is 0.396 e. The molecule has 11 heteroatoms. The lowest BCUT2D eigenvalue weighted by Crippen LogP contribution is -2.35. The first-order valence-electron chi connectivity index (χ1n) is 10.1. The number of anilines is 1. The van der Waals surface area contributed by atoms with E-state index in [1.165, 1.54) is 0 Å². The highest BCUT2D eigenvalue weighted by atomic mass is 35.5. The molecule has 0 aliphatic heterocycles. The molecule has 182 valence electrons. The molecule has 0 aliphatic carbocycles. The van der Waals surface area contributed by atoms with Crippen molar-refractivity contribution in [3.63, 3.8) is 0 Å². The second kappa shape index (κ2) is 10.3. The fourth-order valence-corrected chi connectivity index (χ4v) is 4.51. The Kier molecular flexibility index (Phi) is 8.42. The molecule has 3 N–H and O–H groups in total. The molecule has 0 unspecified atom stereocenters. The van der Waals surface area contributed by atoms with E-state index in [-0.39, 0.29) is 23.8 Å². The lowest BCUT2D eigenvalue weighted by atomic mass is 9.92. The summed E-state index contributed by atoms with van der Waals surface area (Å²) in [5, 5.41) is 12.0. The third-order valence-electron chi connectivity index (χ3n) is 4.88. The minimum Gasteiger partial charge on any atom is -0.396 e. The number of urea groups is 1. The lowest BCUT2D eigenvalue weighted by Gasteiger charge is -2.21. The molecule has 0 bridgehead atoms. The van der Waals surface area contributed by atoms with E-state index in [0.29, 0.717) is 27.9 Å². The van der Waals surface area contributed by atoms with Crippen LogP contribution >= 0.6 is 11.6 Å². The van der Waals surface area contributed by atoms with Gasteiger partial charge < -0.3 is 10.4 Å². The third kappa shape index (κ3) is 6.84. The van der Waals surface area contributed by atoms with Crippen molar-refractivity contribution in [3.05, 3.63) is 57.6 Å². The van der Waals surface area contributed by atoms with Gasteiger partial charge in [0.2, 0.25) is 0 Å². The fourth-order valence-electron chi connectivity index (χ4n) is 3.28. The number of aliphatic hydroxyl groups is 1. The van der Waals surface area contributed by atoms with Gasteiger partial charge >= 0.3 is 12.2 Å². The summed E-state index contributed by atoms with van der Waals surface area (Å²) in [6.07, 6.45) is -4.99. The number of sulfonamides is 1. The summed E-state index contributed by atoms with van der Waals surface area (Å²) in [7, 11) is -4.65. The first-order chi connectivity index (χ1) is 15.2. The maximum absolute atomic E-state index is 13.2. The van der Waals surface area contributed by atoms with Crippen LogP contribution in [-0.2, 0) is 22.6 Å². The van der Waals surface area contributed by atoms with E-state index in [4.69, 9.17) is 16.7 Å². The largest absolute Gasteiger partial charge is 0.416 e. The molecule has 0 atom stereocenters. The van der Waals surface area contributed by atoms with Gasteiger partial charge in [0.15, 0.2) is 0 Å². The summed E-state index contributed by atoms with van der Waals surface area (Å²) in [5.74, 6) is -0.116. The van der Waals surface area contributed by atoms with Crippen LogP contribution in [0.2, 0.25) is 5.02 Å². The molecule has 0 saturated heterocycles. The molecule has 2 rings (SSSR count). The Bertz CT molecular complexity index is 1100. The molecule has 33 heavy (non-hydrogen) atoms. The number of hydrogen-bond acceptors (Lipinski definition) is 4. The quantitative estimate of drug-likeness (QED) is 0.452. The zero-order valence-electron chi connectivity index (χ0n) is 18.5. The van der Waals surface area contributed by atoms with E-state index in [2.05, 4.69) is 5.32 Å². The zero-order valence-corrected chi connectivity index (χ0v) is 20.1. The van der Waals surface area contributed by atoms with Crippen LogP contribution in [0, 0.1) is 0 Å². The van der Waals surface area contributed by atoms with Crippen LogP contribution in [0.4, 0.5) is 23.7 Å². The highest BCUT2D eigenvalue weighted by molar-refractivity contribution is 7.90. The van der Waals surface area contributed by atoms with Crippen LogP contribution < -0.4 is 10.0 Å². The fraction of sp³-hybridized carbons (Fsp3) is 0.409. The van der Waals surface area contributed by atoms with Gasteiger partial charge in [-0.25, -0.2) is 17.9 Å². The SMILES string of the molecule is CC(C)c1cc(Cl)cc(C(C)C)c1NC(=O)NS(=O)(=O)c1cc(CCO)cc(C(F)(F)F)c1. The van der Waals surface area contributed by atoms with Crippen LogP contribution in [0.5, 0.6) is 0 Å². The van der Waals surface area contributed by atoms with Crippen molar-refractivity contribution >= 4 is 33.3 Å². The Morgan fingerprint density at radius 2 is 1.58 bits per heavy atom. The number of alkyl halides is 3. The number of carbonyl (C=O) groups is 1. The van der Waals surface area contributed by atoms with Crippen molar-refractivity contribution in [2.24, 2.45) is 0 Å². The van der Waals surface area contributed by atoms with Crippen LogP contribution in [0.15, 0.2) is 35.2 Å². The first-order valence-corrected chi connectivity index (χ1v) is 12.0. The van der Waals surface area contributed by atoms with Gasteiger partial charge in [-0.1, -0.05) is 39.3 Å². The van der Waals surface area contributed by atoms with E-state index in [0.717, 1.165) is 12.1 Å². The van der Waals surface area contributed by atoms with Crippen molar-refractivity contribution in [1.29, 1.82) is 0 Å². The number of benzene rings is 2. The van der Waals surface area contributed by atoms with E-state index in [1.807, 2.05) is 27.7 Å². The van der Waals surface area contributed by atoms with Gasteiger partial charge in [-0.15, -0.1) is 0 Å². The Balaban J connectivity index is 2.43. The van der Waals surface area contributed by atoms with Gasteiger partial charge in [0.25, 0.3) is 10.0 Å². The summed E-state index contributed by atoms with van der Waals surface area (Å²) in [4.78, 5) is 11.9. The molecule has 0 saturated carbocycles. The molecule has 0 fully saturated rings. The first kappa shape index (κ1) is 26.9. The second-order valence-electron chi connectivity index (χ2n) is 8.17. The Morgan fingerprint density at radius 1 is 1.03 bits per heavy atom. The van der Waals surface area contributed by atoms with E-state index in [1.54, 1.807) is 16.9 Å². The minimum absolute atomic E-state index is 0.0324. The molecular formula is C22H26ClF3N2O4S. The predicted octanol–water partition coefficient (Wildman–Crippen LogP) is 5.65. The molecule has 2 aromatic rings. The summed E-state index contributed by atoms with van der Waals surface area (Å²) in [6, 6.07) is 4.39. The highest BCUT2D eigenvalue weighted by Crippen LogP contribution is 2.36. The minimum atomic E-state index is -4.81. The summed E-state index contributed by atoms with van der Waals surface area (Å²) in [6.45, 7) is 7.03. The molecule has 0 spiro atoms. The number of nitrogens with one attached hydrogen (secondary N) is 2. The number of halogens is 4. The average Bonchev–Trinajstić information content (AvgIpc) is 2.67. The molecule has 0 aromatic heterocycles. The maximum atomic E-state index is 13.2. The van der Waals surface area contributed by atoms with Crippen molar-refractivity contribution in [1.82, 2.24) is 4.72 Å². The molecular weight excluding hydrogens is 481 g/mol. The standard InChI is InChI=1S/C22H26ClF3N2O4S/c1-12(2)18-10-16(23)11-19(13(3)4)20(18)27-21(30)28-33(31,32)17-8-14(5-6-29)7-15(9-17)22(24,25)26/h7-13,29H,5-6H2,1-4H3,(H2,27,28,30). The van der Waals surface area contributed by atoms with Crippen LogP contribution in [0.25, 0.3) is 0 Å². The third-order valence-corrected chi connectivity index (χ3v) is 6.41. The van der Waals surface area contributed by atoms with Crippen molar-refractivity contribution in [2.75, 3.05) is 11.9 Å². The number of carbonyl (C=O) groups excluding carboxylic acids is 1. The number of hydrogen-bond donors (Lipinski definition) is 3. The summed E-state index contributed by atoms with van der Waals surface area (Å²) < 4.78 is 66.9. The molecule has 2 amide bonds. The van der Waals surface area contributed by atoms with Crippen molar-refractivity contribution < 1.29 is 31.5 Å². The summed E-state index contributed by atoms with van der Waals surface area (Å²) in [5.41, 5.74) is 0.527. The summed E-state index contributed by atoms with van der Waals surface area (Å²) >= 11 is 6.19. The van der Waals surface area contributed by atoms with Gasteiger partial charge in [0.1, 0.15) is 0 Å². The zero-order chi connectivity index (χ0) is 25.1. The lowest BCUT2D eigenvalue weighted by molar-refractivity contribution is -0.137. The molecule has 0 heterocycles. The Hall–Kier alpha value is -2.30. The topological polar surface area (TPSA) is 95.5 Å². The average molecular weight is 507 g/mol.